The van der Waals surface area contributed by atoms with E-state index in [4.69, 9.17) is 33.2 Å². The molecule has 0 atom stereocenters. The zero-order valence-corrected chi connectivity index (χ0v) is 20.1. The molecule has 0 unspecified atom stereocenters. The summed E-state index contributed by atoms with van der Waals surface area (Å²) in [5.74, 6) is -1.36. The number of phenols is 1. The Kier molecular flexibility index (Phi) is 9.56. The fourth-order valence-corrected chi connectivity index (χ4v) is 3.84. The molecule has 154 valence electrons. The number of nitriles is 1. The van der Waals surface area contributed by atoms with Gasteiger partial charge < -0.3 is 9.84 Å². The number of aromatic hydroxyl groups is 1. The minimum Gasteiger partial charge on any atom is -0.506 e. The van der Waals surface area contributed by atoms with Crippen LogP contribution in [-0.2, 0) is 0 Å². The Morgan fingerprint density at radius 3 is 2.10 bits per heavy atom. The van der Waals surface area contributed by atoms with Gasteiger partial charge in [-0.25, -0.2) is 4.39 Å². The lowest BCUT2D eigenvalue weighted by atomic mass is 10.1. The normalized spacial score (nSPS) is 9.90. The number of hydrogen-bond donors (Lipinski definition) is 1. The predicted octanol–water partition coefficient (Wildman–Crippen LogP) is 6.73. The number of nitrogens with zero attached hydrogens (tertiary/aromatic N) is 1. The lowest BCUT2D eigenvalue weighted by Gasteiger charge is -2.12. The highest BCUT2D eigenvalue weighted by Crippen LogP contribution is 2.37. The Labute approximate surface area is 193 Å². The highest BCUT2D eigenvalue weighted by molar-refractivity contribution is 9.11. The van der Waals surface area contributed by atoms with Gasteiger partial charge in [0.05, 0.1) is 42.3 Å². The van der Waals surface area contributed by atoms with Crippen molar-refractivity contribution in [2.75, 3.05) is 6.61 Å². The molecule has 5 nitrogen and oxygen atoms in total. The second-order valence-electron chi connectivity index (χ2n) is 5.46. The quantitative estimate of drug-likeness (QED) is 0.326. The number of rotatable bonds is 4. The first-order valence-corrected chi connectivity index (χ1v) is 10.2. The smallest absolute Gasteiger partial charge is 0.163 e. The fourth-order valence-electron chi connectivity index (χ4n) is 2.10. The Hall–Kier alpha value is -1.66. The number of carbonyl (C=O) groups excluding carboxylic acids is 2. The van der Waals surface area contributed by atoms with E-state index in [1.807, 2.05) is 6.07 Å². The molecule has 0 fully saturated rings. The largest absolute Gasteiger partial charge is 0.506 e. The van der Waals surface area contributed by atoms with Gasteiger partial charge in [0, 0.05) is 0 Å². The third-order valence-corrected chi connectivity index (χ3v) is 5.52. The minimum absolute atomic E-state index is 0.00160. The Balaban J connectivity index is 0.000000296. The molecule has 10 heteroatoms. The lowest BCUT2D eigenvalue weighted by Crippen LogP contribution is -2.03. The third-order valence-electron chi connectivity index (χ3n) is 3.47. The molecule has 0 saturated heterocycles. The molecule has 0 aliphatic rings. The molecule has 0 saturated carbocycles. The van der Waals surface area contributed by atoms with Crippen molar-refractivity contribution in [1.82, 2.24) is 0 Å². The summed E-state index contributed by atoms with van der Waals surface area (Å²) in [6, 6.07) is 4.51. The molecule has 0 spiro atoms. The van der Waals surface area contributed by atoms with E-state index >= 15 is 0 Å². The van der Waals surface area contributed by atoms with Crippen molar-refractivity contribution in [3.8, 4) is 17.6 Å². The van der Waals surface area contributed by atoms with Crippen molar-refractivity contribution >= 4 is 66.6 Å². The summed E-state index contributed by atoms with van der Waals surface area (Å²) in [5, 5.41) is 18.3. The molecule has 0 amide bonds. The van der Waals surface area contributed by atoms with Crippen molar-refractivity contribution in [1.29, 1.82) is 5.26 Å². The number of halogens is 5. The van der Waals surface area contributed by atoms with Gasteiger partial charge in [0.2, 0.25) is 0 Å². The molecule has 2 aromatic rings. The van der Waals surface area contributed by atoms with Crippen LogP contribution in [0.25, 0.3) is 0 Å². The van der Waals surface area contributed by atoms with Crippen molar-refractivity contribution < 1.29 is 23.8 Å². The number of ether oxygens (including phenoxy) is 1. The van der Waals surface area contributed by atoms with Crippen LogP contribution in [0.4, 0.5) is 4.39 Å². The summed E-state index contributed by atoms with van der Waals surface area (Å²) >= 11 is 17.4. The lowest BCUT2D eigenvalue weighted by molar-refractivity contribution is 0.100. The van der Waals surface area contributed by atoms with Crippen molar-refractivity contribution in [2.24, 2.45) is 0 Å². The van der Waals surface area contributed by atoms with E-state index in [-0.39, 0.29) is 37.2 Å². The summed E-state index contributed by atoms with van der Waals surface area (Å²) < 4.78 is 18.6. The molecule has 2 aromatic carbocycles. The maximum absolute atomic E-state index is 13.0. The van der Waals surface area contributed by atoms with E-state index in [0.717, 1.165) is 6.07 Å². The van der Waals surface area contributed by atoms with E-state index in [0.29, 0.717) is 22.4 Å². The maximum atomic E-state index is 13.0. The summed E-state index contributed by atoms with van der Waals surface area (Å²) in [6.45, 7) is 4.89. The van der Waals surface area contributed by atoms with Crippen LogP contribution in [0, 0.1) is 17.1 Å². The molecule has 0 radical (unpaired) electrons. The van der Waals surface area contributed by atoms with Crippen molar-refractivity contribution in [3.05, 3.63) is 53.6 Å². The molecule has 0 heterocycles. The number of phenolic OH excluding ortho intramolecular Hbond substituents is 1. The van der Waals surface area contributed by atoms with Gasteiger partial charge in [-0.2, -0.15) is 5.26 Å². The Bertz CT molecular complexity index is 1020. The second-order valence-corrected chi connectivity index (χ2v) is 7.86. The standard InChI is InChI=1S/C11H9BrClNO2.C8H5BrClFO2/c1-3-16-11-7(6(2)15)4-9(13)8(5-14)10(11)12;1-3(12)4-2-5(10)7(11)6(9)8(4)13/h4H,3H2,1-2H3;2,13H,1H3. The van der Waals surface area contributed by atoms with Gasteiger partial charge in [-0.3, -0.25) is 9.59 Å². The van der Waals surface area contributed by atoms with E-state index in [2.05, 4.69) is 31.9 Å². The molecule has 29 heavy (non-hydrogen) atoms. The van der Waals surface area contributed by atoms with Gasteiger partial charge in [0.25, 0.3) is 0 Å². The second kappa shape index (κ2) is 10.9. The maximum Gasteiger partial charge on any atom is 0.163 e. The summed E-state index contributed by atoms with van der Waals surface area (Å²) in [5.41, 5.74) is 0.645. The van der Waals surface area contributed by atoms with E-state index in [9.17, 15) is 19.1 Å². The van der Waals surface area contributed by atoms with Crippen LogP contribution in [0.15, 0.2) is 21.1 Å². The van der Waals surface area contributed by atoms with Crippen LogP contribution < -0.4 is 4.74 Å². The van der Waals surface area contributed by atoms with E-state index in [1.54, 1.807) is 6.92 Å². The van der Waals surface area contributed by atoms with Gasteiger partial charge in [-0.15, -0.1) is 0 Å². The van der Waals surface area contributed by atoms with Crippen LogP contribution in [0.1, 0.15) is 47.1 Å². The SMILES string of the molecule is CC(=O)c1cc(Cl)c(F)c(Br)c1O.CCOc1c(C(C)=O)cc(Cl)c(C#N)c1Br. The molecule has 0 bridgehead atoms. The summed E-state index contributed by atoms with van der Waals surface area (Å²) in [6.07, 6.45) is 0. The topological polar surface area (TPSA) is 87.4 Å². The fraction of sp³-hybridized carbons (Fsp3) is 0.211. The highest BCUT2D eigenvalue weighted by Gasteiger charge is 2.19. The Morgan fingerprint density at radius 1 is 1.14 bits per heavy atom. The third kappa shape index (κ3) is 5.92. The average Bonchev–Trinajstić information content (AvgIpc) is 2.65. The van der Waals surface area contributed by atoms with Crippen LogP contribution in [-0.4, -0.2) is 23.3 Å². The van der Waals surface area contributed by atoms with Crippen LogP contribution in [0.2, 0.25) is 10.0 Å². The number of hydrogen-bond acceptors (Lipinski definition) is 5. The van der Waals surface area contributed by atoms with Crippen molar-refractivity contribution in [3.63, 3.8) is 0 Å². The molecular weight excluding hydrogens is 556 g/mol. The molecular formula is C19H14Br2Cl2FNO4. The van der Waals surface area contributed by atoms with E-state index in [1.165, 1.54) is 19.9 Å². The van der Waals surface area contributed by atoms with Gasteiger partial charge >= 0.3 is 0 Å². The van der Waals surface area contributed by atoms with Gasteiger partial charge in [-0.05, 0) is 64.8 Å². The van der Waals surface area contributed by atoms with Gasteiger partial charge in [0.1, 0.15) is 17.6 Å². The molecule has 1 N–H and O–H groups in total. The van der Waals surface area contributed by atoms with E-state index < -0.39 is 11.6 Å². The molecule has 0 aromatic heterocycles. The van der Waals surface area contributed by atoms with Gasteiger partial charge in [0.15, 0.2) is 17.4 Å². The van der Waals surface area contributed by atoms with Gasteiger partial charge in [-0.1, -0.05) is 23.2 Å². The molecule has 0 aliphatic heterocycles. The monoisotopic (exact) mass is 567 g/mol. The first-order chi connectivity index (χ1) is 13.5. The number of ketones is 2. The number of carbonyl (C=O) groups is 2. The van der Waals surface area contributed by atoms with Crippen LogP contribution in [0.5, 0.6) is 11.5 Å². The predicted molar refractivity (Wildman–Crippen MR) is 116 cm³/mol. The zero-order valence-electron chi connectivity index (χ0n) is 15.4. The summed E-state index contributed by atoms with van der Waals surface area (Å²) in [4.78, 5) is 22.3. The van der Waals surface area contributed by atoms with Crippen molar-refractivity contribution in [2.45, 2.75) is 20.8 Å². The minimum atomic E-state index is -0.774. The number of benzene rings is 2. The first-order valence-electron chi connectivity index (χ1n) is 7.90. The zero-order chi connectivity index (χ0) is 22.5. The Morgan fingerprint density at radius 2 is 1.66 bits per heavy atom. The first kappa shape index (κ1) is 25.4. The average molecular weight is 570 g/mol. The highest BCUT2D eigenvalue weighted by atomic mass is 79.9. The molecule has 2 rings (SSSR count). The van der Waals surface area contributed by atoms with Crippen LogP contribution >= 0.6 is 55.1 Å². The van der Waals surface area contributed by atoms with Crippen LogP contribution in [0.3, 0.4) is 0 Å². The summed E-state index contributed by atoms with van der Waals surface area (Å²) in [7, 11) is 0. The molecule has 0 aliphatic carbocycles. The number of Topliss-reactive ketones (excluding diaryl/α,β-unsaturated/α-hetero) is 2.